The van der Waals surface area contributed by atoms with Gasteiger partial charge < -0.3 is 5.11 Å². The SMILES string of the molecule is Cc1nc2ccccc2c2sc(-c3ccccc3)c(O)[n+]12. The van der Waals surface area contributed by atoms with E-state index in [1.54, 1.807) is 11.3 Å². The van der Waals surface area contributed by atoms with E-state index in [2.05, 4.69) is 4.98 Å². The summed E-state index contributed by atoms with van der Waals surface area (Å²) in [4.78, 5) is 6.48. The summed E-state index contributed by atoms with van der Waals surface area (Å²) in [5.74, 6) is 1.05. The summed E-state index contributed by atoms with van der Waals surface area (Å²) in [7, 11) is 0. The monoisotopic (exact) mass is 293 g/mol. The van der Waals surface area contributed by atoms with Crippen LogP contribution < -0.4 is 4.40 Å². The highest BCUT2D eigenvalue weighted by Crippen LogP contribution is 2.36. The Hall–Kier alpha value is -2.46. The highest BCUT2D eigenvalue weighted by atomic mass is 32.1. The average Bonchev–Trinajstić information content (AvgIpc) is 2.87. The van der Waals surface area contributed by atoms with Gasteiger partial charge in [-0.25, -0.2) is 0 Å². The van der Waals surface area contributed by atoms with Gasteiger partial charge in [-0.1, -0.05) is 53.8 Å². The summed E-state index contributed by atoms with van der Waals surface area (Å²) >= 11 is 1.59. The molecule has 0 aliphatic heterocycles. The molecule has 2 aromatic heterocycles. The molecule has 0 bridgehead atoms. The standard InChI is InChI=1S/C17H12N2OS/c1-11-18-14-10-6-5-9-13(14)17-19(11)16(20)15(21-17)12-7-3-2-4-8-12/h2-10H,1H3/p+1. The first-order chi connectivity index (χ1) is 10.3. The molecule has 102 valence electrons. The normalized spacial score (nSPS) is 11.3. The van der Waals surface area contributed by atoms with Crippen LogP contribution in [0, 0.1) is 6.92 Å². The van der Waals surface area contributed by atoms with Crippen LogP contribution in [0.2, 0.25) is 0 Å². The fourth-order valence-corrected chi connectivity index (χ4v) is 3.84. The Kier molecular flexibility index (Phi) is 2.65. The van der Waals surface area contributed by atoms with Crippen molar-refractivity contribution in [3.8, 4) is 16.3 Å². The molecule has 2 heterocycles. The number of aromatic hydroxyl groups is 1. The Morgan fingerprint density at radius 3 is 2.52 bits per heavy atom. The molecule has 0 radical (unpaired) electrons. The molecule has 4 rings (SSSR count). The largest absolute Gasteiger partial charge is 0.476 e. The van der Waals surface area contributed by atoms with Crippen LogP contribution in [0.3, 0.4) is 0 Å². The number of rotatable bonds is 1. The van der Waals surface area contributed by atoms with Crippen molar-refractivity contribution in [2.45, 2.75) is 6.92 Å². The maximum atomic E-state index is 10.6. The minimum absolute atomic E-state index is 0.261. The Morgan fingerprint density at radius 1 is 1.00 bits per heavy atom. The summed E-state index contributed by atoms with van der Waals surface area (Å²) in [6, 6.07) is 18.0. The van der Waals surface area contributed by atoms with Gasteiger partial charge in [0.25, 0.3) is 0 Å². The second-order valence-electron chi connectivity index (χ2n) is 4.94. The molecule has 4 aromatic rings. The van der Waals surface area contributed by atoms with E-state index in [1.165, 1.54) is 0 Å². The van der Waals surface area contributed by atoms with E-state index in [0.717, 1.165) is 32.0 Å². The lowest BCUT2D eigenvalue weighted by Gasteiger charge is -1.96. The second-order valence-corrected chi connectivity index (χ2v) is 5.94. The maximum absolute atomic E-state index is 10.6. The van der Waals surface area contributed by atoms with Crippen molar-refractivity contribution in [2.75, 3.05) is 0 Å². The van der Waals surface area contributed by atoms with Gasteiger partial charge in [-0.2, -0.15) is 4.40 Å². The van der Waals surface area contributed by atoms with Crippen LogP contribution in [0.25, 0.3) is 26.2 Å². The van der Waals surface area contributed by atoms with Gasteiger partial charge in [0.05, 0.1) is 5.39 Å². The lowest BCUT2D eigenvalue weighted by molar-refractivity contribution is -0.527. The summed E-state index contributed by atoms with van der Waals surface area (Å²) in [6.07, 6.45) is 0. The minimum Gasteiger partial charge on any atom is -0.476 e. The second kappa shape index (κ2) is 4.53. The Bertz CT molecular complexity index is 961. The fraction of sp³-hybridized carbons (Fsp3) is 0.0588. The van der Waals surface area contributed by atoms with Gasteiger partial charge >= 0.3 is 11.7 Å². The van der Waals surface area contributed by atoms with Gasteiger partial charge in [-0.3, -0.25) is 0 Å². The molecule has 4 heteroatoms. The number of hydrogen-bond donors (Lipinski definition) is 1. The van der Waals surface area contributed by atoms with Gasteiger partial charge in [-0.15, -0.1) is 0 Å². The van der Waals surface area contributed by atoms with Crippen molar-refractivity contribution in [1.29, 1.82) is 0 Å². The smallest absolute Gasteiger partial charge is 0.306 e. The van der Waals surface area contributed by atoms with Gasteiger partial charge in [0.1, 0.15) is 4.88 Å². The minimum atomic E-state index is 0.261. The Morgan fingerprint density at radius 2 is 1.71 bits per heavy atom. The van der Waals surface area contributed by atoms with E-state index in [9.17, 15) is 5.11 Å². The van der Waals surface area contributed by atoms with Gasteiger partial charge in [-0.05, 0) is 22.7 Å². The number of benzene rings is 2. The molecule has 0 aliphatic carbocycles. The average molecular weight is 293 g/mol. The third-order valence-electron chi connectivity index (χ3n) is 3.59. The fourth-order valence-electron chi connectivity index (χ4n) is 2.62. The molecular weight excluding hydrogens is 280 g/mol. The quantitative estimate of drug-likeness (QED) is 0.543. The first kappa shape index (κ1) is 12.3. The molecule has 0 aliphatic rings. The third-order valence-corrected chi connectivity index (χ3v) is 4.81. The number of hydrogen-bond acceptors (Lipinski definition) is 3. The predicted octanol–water partition coefficient (Wildman–Crippen LogP) is 3.72. The molecule has 2 aromatic carbocycles. The number of para-hydroxylation sites is 1. The number of aryl methyl sites for hydroxylation is 1. The van der Waals surface area contributed by atoms with E-state index in [-0.39, 0.29) is 5.88 Å². The molecule has 0 amide bonds. The molecule has 0 atom stereocenters. The zero-order valence-corrected chi connectivity index (χ0v) is 12.3. The molecule has 0 spiro atoms. The first-order valence-electron chi connectivity index (χ1n) is 6.74. The van der Waals surface area contributed by atoms with Crippen LogP contribution in [0.1, 0.15) is 5.82 Å². The van der Waals surface area contributed by atoms with E-state index in [1.807, 2.05) is 65.9 Å². The molecule has 0 unspecified atom stereocenters. The molecule has 21 heavy (non-hydrogen) atoms. The Balaban J connectivity index is 2.15. The van der Waals surface area contributed by atoms with Crippen LogP contribution in [-0.4, -0.2) is 10.1 Å². The summed E-state index contributed by atoms with van der Waals surface area (Å²) in [5, 5.41) is 11.7. The van der Waals surface area contributed by atoms with Crippen molar-refractivity contribution in [1.82, 2.24) is 4.98 Å². The van der Waals surface area contributed by atoms with Crippen LogP contribution in [0.15, 0.2) is 54.6 Å². The summed E-state index contributed by atoms with van der Waals surface area (Å²) in [6.45, 7) is 1.92. The predicted molar refractivity (Wildman–Crippen MR) is 84.6 cm³/mol. The lowest BCUT2D eigenvalue weighted by Crippen LogP contribution is -2.25. The summed E-state index contributed by atoms with van der Waals surface area (Å²) in [5.41, 5.74) is 1.98. The molecular formula is C17H13N2OS+. The first-order valence-corrected chi connectivity index (χ1v) is 7.55. The summed E-state index contributed by atoms with van der Waals surface area (Å²) < 4.78 is 1.83. The molecule has 0 fully saturated rings. The van der Waals surface area contributed by atoms with Gasteiger partial charge in [0, 0.05) is 6.92 Å². The highest BCUT2D eigenvalue weighted by Gasteiger charge is 2.23. The molecule has 0 saturated heterocycles. The van der Waals surface area contributed by atoms with Gasteiger partial charge in [0.2, 0.25) is 4.83 Å². The lowest BCUT2D eigenvalue weighted by atomic mass is 10.2. The maximum Gasteiger partial charge on any atom is 0.306 e. The van der Waals surface area contributed by atoms with Crippen molar-refractivity contribution in [3.05, 3.63) is 60.4 Å². The van der Waals surface area contributed by atoms with Crippen LogP contribution >= 0.6 is 11.3 Å². The molecule has 3 nitrogen and oxygen atoms in total. The van der Waals surface area contributed by atoms with Crippen molar-refractivity contribution in [3.63, 3.8) is 0 Å². The molecule has 0 saturated carbocycles. The van der Waals surface area contributed by atoms with Crippen LogP contribution in [-0.2, 0) is 0 Å². The third kappa shape index (κ3) is 1.80. The topological polar surface area (TPSA) is 37.2 Å². The van der Waals surface area contributed by atoms with Crippen molar-refractivity contribution < 1.29 is 9.51 Å². The van der Waals surface area contributed by atoms with E-state index >= 15 is 0 Å². The highest BCUT2D eigenvalue weighted by molar-refractivity contribution is 7.21. The van der Waals surface area contributed by atoms with E-state index in [0.29, 0.717) is 0 Å². The van der Waals surface area contributed by atoms with Crippen molar-refractivity contribution in [2.24, 2.45) is 0 Å². The molecule has 1 N–H and O–H groups in total. The van der Waals surface area contributed by atoms with E-state index < -0.39 is 0 Å². The zero-order chi connectivity index (χ0) is 14.4. The van der Waals surface area contributed by atoms with E-state index in [4.69, 9.17) is 0 Å². The van der Waals surface area contributed by atoms with Crippen LogP contribution in [0.4, 0.5) is 0 Å². The van der Waals surface area contributed by atoms with Crippen LogP contribution in [0.5, 0.6) is 5.88 Å². The Labute approximate surface area is 125 Å². The number of aromatic nitrogens is 2. The van der Waals surface area contributed by atoms with Gasteiger partial charge in [0.15, 0.2) is 5.52 Å². The zero-order valence-electron chi connectivity index (χ0n) is 11.4. The van der Waals surface area contributed by atoms with Crippen molar-refractivity contribution >= 4 is 27.1 Å². The number of nitrogens with zero attached hydrogens (tertiary/aromatic N) is 2. The number of fused-ring (bicyclic) bond motifs is 3. The number of thiazole rings is 1.